The summed E-state index contributed by atoms with van der Waals surface area (Å²) < 4.78 is 5.49. The van der Waals surface area contributed by atoms with E-state index >= 15 is 0 Å². The number of carbonyl (C=O) groups excluding carboxylic acids is 1. The number of nitrogens with one attached hydrogen (secondary N) is 1. The first kappa shape index (κ1) is 19.1. The summed E-state index contributed by atoms with van der Waals surface area (Å²) in [5.41, 5.74) is 3.11. The number of aromatic nitrogens is 2. The van der Waals surface area contributed by atoms with Crippen LogP contribution in [0.25, 0.3) is 11.1 Å². The SMILES string of the molecule is CCCc1noc2nc(C3CC3)cc(C(=O)N3CCC(NC)CC3)c12.Cl. The van der Waals surface area contributed by atoms with E-state index in [0.29, 0.717) is 17.7 Å². The van der Waals surface area contributed by atoms with Crippen LogP contribution in [0.4, 0.5) is 0 Å². The van der Waals surface area contributed by atoms with Crippen molar-refractivity contribution >= 4 is 29.4 Å². The van der Waals surface area contributed by atoms with Gasteiger partial charge < -0.3 is 14.7 Å². The molecule has 0 bridgehead atoms. The molecule has 2 aliphatic rings. The Morgan fingerprint density at radius 3 is 2.65 bits per heavy atom. The molecule has 1 aliphatic carbocycles. The molecule has 2 fully saturated rings. The number of aryl methyl sites for hydroxylation is 1. The Hall–Kier alpha value is -1.66. The lowest BCUT2D eigenvalue weighted by Crippen LogP contribution is -2.44. The summed E-state index contributed by atoms with van der Waals surface area (Å²) in [7, 11) is 1.99. The normalized spacial score (nSPS) is 18.2. The van der Waals surface area contributed by atoms with E-state index in [1.54, 1.807) is 0 Å². The molecule has 1 amide bonds. The van der Waals surface area contributed by atoms with E-state index in [9.17, 15) is 4.79 Å². The predicted octanol–water partition coefficient (Wildman–Crippen LogP) is 3.30. The largest absolute Gasteiger partial charge is 0.339 e. The smallest absolute Gasteiger partial charge is 0.259 e. The molecule has 0 radical (unpaired) electrons. The van der Waals surface area contributed by atoms with Crippen LogP contribution in [0.15, 0.2) is 10.6 Å². The van der Waals surface area contributed by atoms with Crippen LogP contribution < -0.4 is 5.32 Å². The molecule has 1 N–H and O–H groups in total. The quantitative estimate of drug-likeness (QED) is 0.864. The lowest BCUT2D eigenvalue weighted by molar-refractivity contribution is 0.0709. The molecule has 6 nitrogen and oxygen atoms in total. The Morgan fingerprint density at radius 2 is 2.04 bits per heavy atom. The molecule has 1 saturated carbocycles. The highest BCUT2D eigenvalue weighted by Gasteiger charge is 2.31. The van der Waals surface area contributed by atoms with E-state index in [0.717, 1.165) is 74.0 Å². The van der Waals surface area contributed by atoms with Crippen LogP contribution in [0.1, 0.15) is 66.7 Å². The van der Waals surface area contributed by atoms with Gasteiger partial charge in [0.25, 0.3) is 11.6 Å². The number of fused-ring (bicyclic) bond motifs is 1. The molecule has 7 heteroatoms. The fourth-order valence-corrected chi connectivity index (χ4v) is 3.74. The van der Waals surface area contributed by atoms with Gasteiger partial charge in [0.2, 0.25) is 0 Å². The number of carbonyl (C=O) groups is 1. The van der Waals surface area contributed by atoms with Crippen molar-refractivity contribution in [3.8, 4) is 0 Å². The van der Waals surface area contributed by atoms with Gasteiger partial charge in [-0.15, -0.1) is 12.4 Å². The van der Waals surface area contributed by atoms with E-state index in [1.165, 1.54) is 0 Å². The van der Waals surface area contributed by atoms with Gasteiger partial charge in [-0.2, -0.15) is 0 Å². The second-order valence-corrected chi connectivity index (χ2v) is 7.28. The maximum atomic E-state index is 13.3. The Labute approximate surface area is 160 Å². The number of nitrogens with zero attached hydrogens (tertiary/aromatic N) is 3. The number of hydrogen-bond acceptors (Lipinski definition) is 5. The Balaban J connectivity index is 0.00000196. The molecule has 2 aromatic rings. The second kappa shape index (κ2) is 7.92. The Kier molecular flexibility index (Phi) is 5.82. The van der Waals surface area contributed by atoms with Crippen LogP contribution in [0.5, 0.6) is 0 Å². The van der Waals surface area contributed by atoms with Gasteiger partial charge in [0, 0.05) is 30.7 Å². The van der Waals surface area contributed by atoms with E-state index in [4.69, 9.17) is 4.52 Å². The van der Waals surface area contributed by atoms with Gasteiger partial charge in [0.1, 0.15) is 0 Å². The standard InChI is InChI=1S/C19H26N4O2.ClH/c1-3-4-15-17-14(19(24)23-9-7-13(20-2)8-10-23)11-16(12-5-6-12)21-18(17)25-22-15;/h11-13,20H,3-10H2,1-2H3;1H. The van der Waals surface area contributed by atoms with Crippen LogP contribution in [0.2, 0.25) is 0 Å². The third kappa shape index (κ3) is 3.58. The van der Waals surface area contributed by atoms with Gasteiger partial charge >= 0.3 is 0 Å². The van der Waals surface area contributed by atoms with Gasteiger partial charge in [-0.1, -0.05) is 18.5 Å². The van der Waals surface area contributed by atoms with Crippen LogP contribution in [0.3, 0.4) is 0 Å². The summed E-state index contributed by atoms with van der Waals surface area (Å²) in [6, 6.07) is 2.51. The van der Waals surface area contributed by atoms with Gasteiger partial charge in [0.15, 0.2) is 0 Å². The predicted molar refractivity (Wildman–Crippen MR) is 103 cm³/mol. The minimum atomic E-state index is 0. The van der Waals surface area contributed by atoms with E-state index in [-0.39, 0.29) is 18.3 Å². The summed E-state index contributed by atoms with van der Waals surface area (Å²) in [6.45, 7) is 3.69. The van der Waals surface area contributed by atoms with Crippen molar-refractivity contribution in [3.05, 3.63) is 23.0 Å². The fourth-order valence-electron chi connectivity index (χ4n) is 3.74. The average molecular weight is 379 g/mol. The summed E-state index contributed by atoms with van der Waals surface area (Å²) in [4.78, 5) is 19.9. The van der Waals surface area contributed by atoms with Crippen LogP contribution >= 0.6 is 12.4 Å². The minimum Gasteiger partial charge on any atom is -0.339 e. The third-order valence-corrected chi connectivity index (χ3v) is 5.44. The number of rotatable bonds is 5. The average Bonchev–Trinajstić information content (AvgIpc) is 3.43. The number of amides is 1. The molecule has 4 rings (SSSR count). The highest BCUT2D eigenvalue weighted by Crippen LogP contribution is 2.40. The molecule has 26 heavy (non-hydrogen) atoms. The van der Waals surface area contributed by atoms with Crippen molar-refractivity contribution in [1.29, 1.82) is 0 Å². The number of pyridine rings is 1. The molecule has 0 spiro atoms. The first-order chi connectivity index (χ1) is 12.2. The molecule has 0 aromatic carbocycles. The molecular formula is C19H27ClN4O2. The van der Waals surface area contributed by atoms with Gasteiger partial charge in [-0.05, 0) is 45.2 Å². The summed E-state index contributed by atoms with van der Waals surface area (Å²) >= 11 is 0. The summed E-state index contributed by atoms with van der Waals surface area (Å²) in [5.74, 6) is 0.579. The van der Waals surface area contributed by atoms with Gasteiger partial charge in [0.05, 0.1) is 16.6 Å². The van der Waals surface area contributed by atoms with Crippen LogP contribution in [-0.4, -0.2) is 47.1 Å². The Bertz CT molecular complexity index is 779. The Morgan fingerprint density at radius 1 is 1.31 bits per heavy atom. The maximum absolute atomic E-state index is 13.3. The molecule has 1 aliphatic heterocycles. The van der Waals surface area contributed by atoms with Crippen molar-refractivity contribution in [2.45, 2.75) is 57.4 Å². The first-order valence-electron chi connectivity index (χ1n) is 9.47. The van der Waals surface area contributed by atoms with Crippen molar-refractivity contribution in [2.24, 2.45) is 0 Å². The monoisotopic (exact) mass is 378 g/mol. The molecule has 0 unspecified atom stereocenters. The first-order valence-corrected chi connectivity index (χ1v) is 9.47. The fraction of sp³-hybridized carbons (Fsp3) is 0.632. The molecule has 2 aromatic heterocycles. The lowest BCUT2D eigenvalue weighted by atomic mass is 10.0. The zero-order chi connectivity index (χ0) is 17.4. The number of halogens is 1. The van der Waals surface area contributed by atoms with Crippen LogP contribution in [-0.2, 0) is 6.42 Å². The molecule has 3 heterocycles. The van der Waals surface area contributed by atoms with Gasteiger partial charge in [-0.25, -0.2) is 4.98 Å². The zero-order valence-electron chi connectivity index (χ0n) is 15.5. The summed E-state index contributed by atoms with van der Waals surface area (Å²) in [6.07, 6.45) is 6.06. The minimum absolute atomic E-state index is 0. The molecular weight excluding hydrogens is 352 g/mol. The second-order valence-electron chi connectivity index (χ2n) is 7.28. The lowest BCUT2D eigenvalue weighted by Gasteiger charge is -2.32. The number of hydrogen-bond donors (Lipinski definition) is 1. The highest BCUT2D eigenvalue weighted by molar-refractivity contribution is 6.06. The topological polar surface area (TPSA) is 71.3 Å². The van der Waals surface area contributed by atoms with Gasteiger partial charge in [-0.3, -0.25) is 4.79 Å². The third-order valence-electron chi connectivity index (χ3n) is 5.44. The molecule has 0 atom stereocenters. The van der Waals surface area contributed by atoms with Crippen molar-refractivity contribution in [1.82, 2.24) is 20.4 Å². The van der Waals surface area contributed by atoms with E-state index in [2.05, 4.69) is 22.4 Å². The number of piperidine rings is 1. The van der Waals surface area contributed by atoms with Crippen molar-refractivity contribution in [2.75, 3.05) is 20.1 Å². The molecule has 1 saturated heterocycles. The zero-order valence-corrected chi connectivity index (χ0v) is 16.3. The van der Waals surface area contributed by atoms with Crippen molar-refractivity contribution in [3.63, 3.8) is 0 Å². The van der Waals surface area contributed by atoms with Crippen molar-refractivity contribution < 1.29 is 9.32 Å². The van der Waals surface area contributed by atoms with Crippen LogP contribution in [0, 0.1) is 0 Å². The number of likely N-dealkylation sites (tertiary alicyclic amines) is 1. The summed E-state index contributed by atoms with van der Waals surface area (Å²) in [5, 5.41) is 8.34. The maximum Gasteiger partial charge on any atom is 0.259 e. The van der Waals surface area contributed by atoms with E-state index in [1.807, 2.05) is 18.0 Å². The molecule has 142 valence electrons. The highest BCUT2D eigenvalue weighted by atomic mass is 35.5. The van der Waals surface area contributed by atoms with E-state index < -0.39 is 0 Å².